The largest absolute Gasteiger partial charge is 0.468 e. The SMILES string of the molecule is CCn1nc(C)cc1CNC(C)c1ccco1. The maximum atomic E-state index is 5.36. The third-order valence-corrected chi connectivity index (χ3v) is 2.84. The highest BCUT2D eigenvalue weighted by molar-refractivity contribution is 5.10. The molecule has 0 amide bonds. The lowest BCUT2D eigenvalue weighted by molar-refractivity contribution is 0.424. The molecule has 0 aliphatic rings. The monoisotopic (exact) mass is 233 g/mol. The normalized spacial score (nSPS) is 12.9. The van der Waals surface area contributed by atoms with E-state index in [2.05, 4.69) is 30.3 Å². The zero-order valence-corrected chi connectivity index (χ0v) is 10.6. The number of furan rings is 1. The molecular weight excluding hydrogens is 214 g/mol. The van der Waals surface area contributed by atoms with Crippen molar-refractivity contribution < 1.29 is 4.42 Å². The molecule has 0 saturated heterocycles. The van der Waals surface area contributed by atoms with Crippen molar-refractivity contribution in [2.45, 2.75) is 39.9 Å². The van der Waals surface area contributed by atoms with Gasteiger partial charge < -0.3 is 9.73 Å². The number of nitrogens with one attached hydrogen (secondary N) is 1. The summed E-state index contributed by atoms with van der Waals surface area (Å²) >= 11 is 0. The highest BCUT2D eigenvalue weighted by Crippen LogP contribution is 2.13. The van der Waals surface area contributed by atoms with Crippen LogP contribution in [0.15, 0.2) is 28.9 Å². The number of hydrogen-bond donors (Lipinski definition) is 1. The van der Waals surface area contributed by atoms with Crippen LogP contribution in [-0.2, 0) is 13.1 Å². The van der Waals surface area contributed by atoms with Crippen LogP contribution in [0.2, 0.25) is 0 Å². The third-order valence-electron chi connectivity index (χ3n) is 2.84. The molecule has 1 unspecified atom stereocenters. The smallest absolute Gasteiger partial charge is 0.120 e. The molecule has 2 aromatic rings. The predicted molar refractivity (Wildman–Crippen MR) is 66.6 cm³/mol. The van der Waals surface area contributed by atoms with Gasteiger partial charge in [0.25, 0.3) is 0 Å². The summed E-state index contributed by atoms with van der Waals surface area (Å²) in [5.74, 6) is 0.962. The van der Waals surface area contributed by atoms with E-state index in [1.54, 1.807) is 6.26 Å². The molecule has 0 radical (unpaired) electrons. The van der Waals surface area contributed by atoms with Gasteiger partial charge in [0.2, 0.25) is 0 Å². The van der Waals surface area contributed by atoms with Crippen LogP contribution in [0.5, 0.6) is 0 Å². The minimum atomic E-state index is 0.213. The van der Waals surface area contributed by atoms with Crippen molar-refractivity contribution in [2.24, 2.45) is 0 Å². The molecule has 1 N–H and O–H groups in total. The van der Waals surface area contributed by atoms with E-state index in [0.29, 0.717) is 0 Å². The first-order valence-corrected chi connectivity index (χ1v) is 6.00. The van der Waals surface area contributed by atoms with E-state index in [4.69, 9.17) is 4.42 Å². The fourth-order valence-electron chi connectivity index (χ4n) is 1.91. The summed E-state index contributed by atoms with van der Waals surface area (Å²) in [6, 6.07) is 6.23. The van der Waals surface area contributed by atoms with Gasteiger partial charge in [-0.25, -0.2) is 0 Å². The van der Waals surface area contributed by atoms with Crippen LogP contribution in [-0.4, -0.2) is 9.78 Å². The maximum absolute atomic E-state index is 5.36. The molecule has 0 saturated carbocycles. The second-order valence-corrected chi connectivity index (χ2v) is 4.21. The van der Waals surface area contributed by atoms with Crippen molar-refractivity contribution in [1.29, 1.82) is 0 Å². The predicted octanol–water partition coefficient (Wildman–Crippen LogP) is 2.66. The van der Waals surface area contributed by atoms with Gasteiger partial charge in [0.05, 0.1) is 23.7 Å². The van der Waals surface area contributed by atoms with Crippen molar-refractivity contribution in [3.05, 3.63) is 41.6 Å². The van der Waals surface area contributed by atoms with Gasteiger partial charge in [-0.1, -0.05) is 0 Å². The molecule has 92 valence electrons. The molecule has 2 rings (SSSR count). The summed E-state index contributed by atoms with van der Waals surface area (Å²) in [6.07, 6.45) is 1.70. The van der Waals surface area contributed by atoms with Crippen LogP contribution in [0, 0.1) is 6.92 Å². The zero-order valence-electron chi connectivity index (χ0n) is 10.6. The molecule has 1 atom stereocenters. The molecule has 2 heterocycles. The molecule has 2 aromatic heterocycles. The molecule has 0 fully saturated rings. The Balaban J connectivity index is 1.97. The van der Waals surface area contributed by atoms with E-state index in [0.717, 1.165) is 24.5 Å². The lowest BCUT2D eigenvalue weighted by atomic mass is 10.2. The topological polar surface area (TPSA) is 43.0 Å². The summed E-state index contributed by atoms with van der Waals surface area (Å²) in [5.41, 5.74) is 2.28. The fourth-order valence-corrected chi connectivity index (χ4v) is 1.91. The van der Waals surface area contributed by atoms with Crippen molar-refractivity contribution in [3.63, 3.8) is 0 Å². The van der Waals surface area contributed by atoms with Gasteiger partial charge in [0.15, 0.2) is 0 Å². The van der Waals surface area contributed by atoms with Crippen LogP contribution < -0.4 is 5.32 Å². The Morgan fingerprint density at radius 1 is 1.53 bits per heavy atom. The van der Waals surface area contributed by atoms with Gasteiger partial charge >= 0.3 is 0 Å². The van der Waals surface area contributed by atoms with E-state index in [-0.39, 0.29) is 6.04 Å². The lowest BCUT2D eigenvalue weighted by Gasteiger charge is -2.11. The number of hydrogen-bond acceptors (Lipinski definition) is 3. The van der Waals surface area contributed by atoms with Gasteiger partial charge in [-0.3, -0.25) is 4.68 Å². The summed E-state index contributed by atoms with van der Waals surface area (Å²) in [6.45, 7) is 7.92. The Hall–Kier alpha value is -1.55. The van der Waals surface area contributed by atoms with Crippen LogP contribution in [0.1, 0.15) is 37.0 Å². The fraction of sp³-hybridized carbons (Fsp3) is 0.462. The minimum absolute atomic E-state index is 0.213. The van der Waals surface area contributed by atoms with Crippen molar-refractivity contribution in [3.8, 4) is 0 Å². The molecule has 0 spiro atoms. The zero-order chi connectivity index (χ0) is 12.3. The van der Waals surface area contributed by atoms with E-state index in [1.165, 1.54) is 5.69 Å². The van der Waals surface area contributed by atoms with Crippen molar-refractivity contribution in [1.82, 2.24) is 15.1 Å². The Morgan fingerprint density at radius 3 is 3.00 bits per heavy atom. The molecule has 0 aromatic carbocycles. The summed E-state index contributed by atoms with van der Waals surface area (Å²) in [5, 5.41) is 7.86. The highest BCUT2D eigenvalue weighted by atomic mass is 16.3. The third kappa shape index (κ3) is 2.77. The lowest BCUT2D eigenvalue weighted by Crippen LogP contribution is -2.19. The van der Waals surface area contributed by atoms with Crippen LogP contribution >= 0.6 is 0 Å². The molecule has 0 bridgehead atoms. The van der Waals surface area contributed by atoms with Gasteiger partial charge in [-0.2, -0.15) is 5.10 Å². The number of nitrogens with zero attached hydrogens (tertiary/aromatic N) is 2. The van der Waals surface area contributed by atoms with Gasteiger partial charge in [-0.15, -0.1) is 0 Å². The molecule has 4 nitrogen and oxygen atoms in total. The average molecular weight is 233 g/mol. The van der Waals surface area contributed by atoms with E-state index < -0.39 is 0 Å². The Morgan fingerprint density at radius 2 is 2.35 bits per heavy atom. The molecule has 4 heteroatoms. The van der Waals surface area contributed by atoms with Crippen molar-refractivity contribution >= 4 is 0 Å². The average Bonchev–Trinajstić information content (AvgIpc) is 2.94. The second kappa shape index (κ2) is 5.19. The first-order valence-electron chi connectivity index (χ1n) is 6.00. The summed E-state index contributed by atoms with van der Waals surface area (Å²) in [7, 11) is 0. The first-order chi connectivity index (χ1) is 8.20. The molecule has 17 heavy (non-hydrogen) atoms. The standard InChI is InChI=1S/C13H19N3O/c1-4-16-12(8-10(2)15-16)9-14-11(3)13-6-5-7-17-13/h5-8,11,14H,4,9H2,1-3H3. The van der Waals surface area contributed by atoms with Crippen LogP contribution in [0.25, 0.3) is 0 Å². The van der Waals surface area contributed by atoms with Gasteiger partial charge in [-0.05, 0) is 39.0 Å². The quantitative estimate of drug-likeness (QED) is 0.863. The molecule has 0 aliphatic carbocycles. The van der Waals surface area contributed by atoms with Crippen LogP contribution in [0.3, 0.4) is 0 Å². The van der Waals surface area contributed by atoms with Crippen molar-refractivity contribution in [2.75, 3.05) is 0 Å². The second-order valence-electron chi connectivity index (χ2n) is 4.21. The minimum Gasteiger partial charge on any atom is -0.468 e. The number of aromatic nitrogens is 2. The Kier molecular flexibility index (Phi) is 3.64. The summed E-state index contributed by atoms with van der Waals surface area (Å²) in [4.78, 5) is 0. The Bertz CT molecular complexity index is 459. The highest BCUT2D eigenvalue weighted by Gasteiger charge is 2.09. The molecular formula is C13H19N3O. The first kappa shape index (κ1) is 11.9. The number of aryl methyl sites for hydroxylation is 2. The number of rotatable bonds is 5. The van der Waals surface area contributed by atoms with Gasteiger partial charge in [0.1, 0.15) is 5.76 Å². The Labute approximate surface area is 102 Å². The molecule has 0 aliphatic heterocycles. The maximum Gasteiger partial charge on any atom is 0.120 e. The van der Waals surface area contributed by atoms with E-state index in [9.17, 15) is 0 Å². The van der Waals surface area contributed by atoms with Gasteiger partial charge in [0, 0.05) is 13.1 Å². The van der Waals surface area contributed by atoms with E-state index in [1.807, 2.05) is 23.7 Å². The van der Waals surface area contributed by atoms with Crippen LogP contribution in [0.4, 0.5) is 0 Å². The summed E-state index contributed by atoms with van der Waals surface area (Å²) < 4.78 is 7.39. The van der Waals surface area contributed by atoms with E-state index >= 15 is 0 Å².